The van der Waals surface area contributed by atoms with Crippen LogP contribution in [0.2, 0.25) is 0 Å². The highest BCUT2D eigenvalue weighted by Gasteiger charge is 2.11. The Bertz CT molecular complexity index is 396. The molecule has 1 heterocycles. The minimum absolute atomic E-state index is 0.456. The zero-order valence-electron chi connectivity index (χ0n) is 10.9. The van der Waals surface area contributed by atoms with Crippen LogP contribution in [-0.4, -0.2) is 17.0 Å². The summed E-state index contributed by atoms with van der Waals surface area (Å²) in [5.41, 5.74) is 3.45. The van der Waals surface area contributed by atoms with Crippen molar-refractivity contribution >= 4 is 5.82 Å². The molecular weight excluding hydrogens is 198 g/mol. The molecule has 1 atom stereocenters. The van der Waals surface area contributed by atoms with Crippen LogP contribution < -0.4 is 5.32 Å². The number of anilines is 1. The lowest BCUT2D eigenvalue weighted by molar-refractivity contribution is 0.659. The summed E-state index contributed by atoms with van der Waals surface area (Å²) in [7, 11) is 1.89. The molecule has 1 rings (SSSR count). The molecular formula is C13H21N3. The van der Waals surface area contributed by atoms with Crippen molar-refractivity contribution in [2.24, 2.45) is 5.92 Å². The number of hydrogen-bond donors (Lipinski definition) is 1. The summed E-state index contributed by atoms with van der Waals surface area (Å²) >= 11 is 0. The highest BCUT2D eigenvalue weighted by Crippen LogP contribution is 2.20. The number of aryl methyl sites for hydroxylation is 1. The summed E-state index contributed by atoms with van der Waals surface area (Å²) in [6, 6.07) is 0. The van der Waals surface area contributed by atoms with E-state index in [4.69, 9.17) is 0 Å². The highest BCUT2D eigenvalue weighted by molar-refractivity contribution is 5.45. The molecule has 0 amide bonds. The molecule has 1 unspecified atom stereocenters. The summed E-state index contributed by atoms with van der Waals surface area (Å²) in [4.78, 5) is 8.87. The van der Waals surface area contributed by atoms with E-state index in [0.29, 0.717) is 5.92 Å². The maximum atomic E-state index is 4.51. The van der Waals surface area contributed by atoms with Gasteiger partial charge in [-0.15, -0.1) is 0 Å². The maximum Gasteiger partial charge on any atom is 0.132 e. The third-order valence-electron chi connectivity index (χ3n) is 2.94. The molecule has 1 aromatic rings. The minimum Gasteiger partial charge on any atom is -0.373 e. The molecule has 0 fully saturated rings. The lowest BCUT2D eigenvalue weighted by Crippen LogP contribution is -2.09. The quantitative estimate of drug-likeness (QED) is 0.791. The van der Waals surface area contributed by atoms with Crippen molar-refractivity contribution in [2.75, 3.05) is 12.4 Å². The molecule has 0 spiro atoms. The zero-order chi connectivity index (χ0) is 12.3. The number of nitrogens with zero attached hydrogens (tertiary/aromatic N) is 2. The molecule has 0 aliphatic rings. The Kier molecular flexibility index (Phi) is 4.05. The van der Waals surface area contributed by atoms with Crippen molar-refractivity contribution in [3.63, 3.8) is 0 Å². The number of nitrogens with one attached hydrogen (secondary N) is 1. The molecule has 0 aliphatic carbocycles. The maximum absolute atomic E-state index is 4.51. The Morgan fingerprint density at radius 1 is 1.38 bits per heavy atom. The summed E-state index contributed by atoms with van der Waals surface area (Å²) < 4.78 is 0. The second kappa shape index (κ2) is 5.10. The van der Waals surface area contributed by atoms with Crippen molar-refractivity contribution in [3.05, 3.63) is 29.2 Å². The van der Waals surface area contributed by atoms with Crippen molar-refractivity contribution in [1.82, 2.24) is 9.97 Å². The SMILES string of the molecule is C=C(C)C(C)Cc1nc(C)nc(NC)c1C. The predicted molar refractivity (Wildman–Crippen MR) is 68.7 cm³/mol. The van der Waals surface area contributed by atoms with Crippen LogP contribution in [0.5, 0.6) is 0 Å². The van der Waals surface area contributed by atoms with Crippen LogP contribution in [0, 0.1) is 19.8 Å². The van der Waals surface area contributed by atoms with Gasteiger partial charge in [-0.3, -0.25) is 0 Å². The van der Waals surface area contributed by atoms with Crippen LogP contribution in [0.25, 0.3) is 0 Å². The number of rotatable bonds is 4. The van der Waals surface area contributed by atoms with Crippen molar-refractivity contribution in [3.8, 4) is 0 Å². The van der Waals surface area contributed by atoms with E-state index >= 15 is 0 Å². The van der Waals surface area contributed by atoms with E-state index in [1.54, 1.807) is 0 Å². The number of aromatic nitrogens is 2. The van der Waals surface area contributed by atoms with Gasteiger partial charge < -0.3 is 5.32 Å². The number of hydrogen-bond acceptors (Lipinski definition) is 3. The van der Waals surface area contributed by atoms with Crippen LogP contribution >= 0.6 is 0 Å². The molecule has 3 nitrogen and oxygen atoms in total. The molecule has 0 radical (unpaired) electrons. The summed E-state index contributed by atoms with van der Waals surface area (Å²) in [6.45, 7) is 12.2. The first-order chi connectivity index (χ1) is 7.45. The summed E-state index contributed by atoms with van der Waals surface area (Å²) in [6.07, 6.45) is 0.930. The molecule has 0 bridgehead atoms. The van der Waals surface area contributed by atoms with Gasteiger partial charge in [0.25, 0.3) is 0 Å². The lowest BCUT2D eigenvalue weighted by atomic mass is 9.96. The van der Waals surface area contributed by atoms with Gasteiger partial charge in [0.2, 0.25) is 0 Å². The molecule has 3 heteroatoms. The van der Waals surface area contributed by atoms with Crippen LogP contribution in [0.15, 0.2) is 12.2 Å². The monoisotopic (exact) mass is 219 g/mol. The molecule has 16 heavy (non-hydrogen) atoms. The largest absolute Gasteiger partial charge is 0.373 e. The van der Waals surface area contributed by atoms with Gasteiger partial charge in [-0.2, -0.15) is 0 Å². The van der Waals surface area contributed by atoms with Gasteiger partial charge in [-0.25, -0.2) is 9.97 Å². The molecule has 88 valence electrons. The fourth-order valence-corrected chi connectivity index (χ4v) is 1.59. The highest BCUT2D eigenvalue weighted by atomic mass is 15.0. The first kappa shape index (κ1) is 12.7. The molecule has 1 aromatic heterocycles. The van der Waals surface area contributed by atoms with Crippen LogP contribution in [0.3, 0.4) is 0 Å². The first-order valence-corrected chi connectivity index (χ1v) is 5.63. The van der Waals surface area contributed by atoms with E-state index in [9.17, 15) is 0 Å². The van der Waals surface area contributed by atoms with Gasteiger partial charge in [0, 0.05) is 18.3 Å². The van der Waals surface area contributed by atoms with Gasteiger partial charge in [-0.1, -0.05) is 19.1 Å². The average molecular weight is 219 g/mol. The van der Waals surface area contributed by atoms with E-state index in [2.05, 4.69) is 42.6 Å². The van der Waals surface area contributed by atoms with Gasteiger partial charge in [0.15, 0.2) is 0 Å². The van der Waals surface area contributed by atoms with Crippen LogP contribution in [0.4, 0.5) is 5.82 Å². The van der Waals surface area contributed by atoms with Gasteiger partial charge in [0.05, 0.1) is 0 Å². The van der Waals surface area contributed by atoms with Crippen molar-refractivity contribution in [2.45, 2.75) is 34.1 Å². The number of allylic oxidation sites excluding steroid dienone is 1. The minimum atomic E-state index is 0.456. The normalized spacial score (nSPS) is 12.3. The van der Waals surface area contributed by atoms with Gasteiger partial charge in [0.1, 0.15) is 11.6 Å². The summed E-state index contributed by atoms with van der Waals surface area (Å²) in [5, 5.41) is 3.11. The average Bonchev–Trinajstić information content (AvgIpc) is 2.22. The zero-order valence-corrected chi connectivity index (χ0v) is 10.9. The standard InChI is InChI=1S/C13H21N3/c1-8(2)9(3)7-12-10(4)13(14-6)16-11(5)15-12/h9H,1,7H2,2-6H3,(H,14,15,16). The van der Waals surface area contributed by atoms with E-state index in [1.165, 1.54) is 5.57 Å². The topological polar surface area (TPSA) is 37.8 Å². The third-order valence-corrected chi connectivity index (χ3v) is 2.94. The van der Waals surface area contributed by atoms with E-state index in [1.807, 2.05) is 14.0 Å². The smallest absolute Gasteiger partial charge is 0.132 e. The molecule has 0 saturated carbocycles. The van der Waals surface area contributed by atoms with Crippen LogP contribution in [0.1, 0.15) is 30.9 Å². The summed E-state index contributed by atoms with van der Waals surface area (Å²) in [5.74, 6) is 2.20. The Balaban J connectivity index is 3.04. The van der Waals surface area contributed by atoms with Gasteiger partial charge >= 0.3 is 0 Å². The first-order valence-electron chi connectivity index (χ1n) is 5.63. The fraction of sp³-hybridized carbons (Fsp3) is 0.538. The molecule has 0 aromatic carbocycles. The Labute approximate surface area is 98.0 Å². The fourth-order valence-electron chi connectivity index (χ4n) is 1.59. The molecule has 0 aliphatic heterocycles. The van der Waals surface area contributed by atoms with Gasteiger partial charge in [-0.05, 0) is 33.1 Å². The lowest BCUT2D eigenvalue weighted by Gasteiger charge is -2.14. The Hall–Kier alpha value is -1.38. The van der Waals surface area contributed by atoms with E-state index < -0.39 is 0 Å². The Morgan fingerprint density at radius 3 is 2.50 bits per heavy atom. The van der Waals surface area contributed by atoms with Crippen molar-refractivity contribution < 1.29 is 0 Å². The molecule has 0 saturated heterocycles. The molecule has 1 N–H and O–H groups in total. The third kappa shape index (κ3) is 2.81. The van der Waals surface area contributed by atoms with E-state index in [0.717, 1.165) is 29.3 Å². The second-order valence-electron chi connectivity index (χ2n) is 4.39. The van der Waals surface area contributed by atoms with Crippen LogP contribution in [-0.2, 0) is 6.42 Å². The van der Waals surface area contributed by atoms with E-state index in [-0.39, 0.29) is 0 Å². The van der Waals surface area contributed by atoms with Crippen molar-refractivity contribution in [1.29, 1.82) is 0 Å². The second-order valence-corrected chi connectivity index (χ2v) is 4.39. The Morgan fingerprint density at radius 2 is 2.00 bits per heavy atom. The predicted octanol–water partition coefficient (Wildman–Crippen LogP) is 2.89.